The summed E-state index contributed by atoms with van der Waals surface area (Å²) in [6, 6.07) is 19.0. The first-order valence-electron chi connectivity index (χ1n) is 10.9. The number of likely N-dealkylation sites (N-methyl/N-ethyl adjacent to an activating group) is 1. The molecule has 7 heteroatoms. The van der Waals surface area contributed by atoms with Gasteiger partial charge in [-0.15, -0.1) is 5.10 Å². The number of aliphatic hydroxyl groups excluding tert-OH is 1. The molecule has 0 heterocycles. The molecule has 0 aliphatic carbocycles. The maximum atomic E-state index is 13.6. The molecule has 32 heavy (non-hydrogen) atoms. The highest BCUT2D eigenvalue weighted by molar-refractivity contribution is 7.98. The summed E-state index contributed by atoms with van der Waals surface area (Å²) >= 11 is 1.59. The van der Waals surface area contributed by atoms with E-state index in [1.807, 2.05) is 73.8 Å². The summed E-state index contributed by atoms with van der Waals surface area (Å²) in [4.78, 5) is 12.6. The maximum absolute atomic E-state index is 13.6. The largest absolute Gasteiger partial charge is 0.856 e. The molecule has 0 aliphatic heterocycles. The predicted octanol–water partition coefficient (Wildman–Crippen LogP) is 2.73. The van der Waals surface area contributed by atoms with Gasteiger partial charge in [0.25, 0.3) is 0 Å². The second-order valence-corrected chi connectivity index (χ2v) is 9.51. The second kappa shape index (κ2) is 12.0. The quantitative estimate of drug-likeness (QED) is 0.222. The minimum Gasteiger partial charge on any atom is -0.856 e. The van der Waals surface area contributed by atoms with Crippen LogP contribution in [-0.4, -0.2) is 59.7 Å². The van der Waals surface area contributed by atoms with E-state index in [-0.39, 0.29) is 22.9 Å². The Morgan fingerprint density at radius 2 is 1.75 bits per heavy atom. The van der Waals surface area contributed by atoms with E-state index in [1.165, 1.54) is 0 Å². The molecule has 2 atom stereocenters. The molecule has 2 aromatic rings. The van der Waals surface area contributed by atoms with Crippen LogP contribution in [0.15, 0.2) is 65.8 Å². The van der Waals surface area contributed by atoms with Crippen molar-refractivity contribution in [1.29, 1.82) is 0 Å². The Morgan fingerprint density at radius 3 is 2.31 bits per heavy atom. The number of amides is 1. The Morgan fingerprint density at radius 1 is 1.16 bits per heavy atom. The summed E-state index contributed by atoms with van der Waals surface area (Å²) in [5, 5.41) is 31.7. The number of aliphatic hydroxyl groups is 1. The van der Waals surface area contributed by atoms with Gasteiger partial charge in [-0.05, 0) is 23.8 Å². The summed E-state index contributed by atoms with van der Waals surface area (Å²) in [7, 11) is 3.56. The molecular formula is C25H35N3O3S. The zero-order valence-corrected chi connectivity index (χ0v) is 20.3. The Balaban J connectivity index is 2.32. The normalized spacial score (nSPS) is 15.1. The lowest BCUT2D eigenvalue weighted by molar-refractivity contribution is -0.902. The number of hydrogen-bond acceptors (Lipinski definition) is 5. The molecule has 1 amide bonds. The van der Waals surface area contributed by atoms with Gasteiger partial charge in [0.05, 0.1) is 19.6 Å². The molecule has 2 unspecified atom stereocenters. The smallest absolute Gasteiger partial charge is 0.221 e. The fraction of sp³-hybridized carbons (Fsp3) is 0.440. The zero-order valence-electron chi connectivity index (χ0n) is 19.5. The van der Waals surface area contributed by atoms with Crippen molar-refractivity contribution in [1.82, 2.24) is 5.32 Å². The van der Waals surface area contributed by atoms with Gasteiger partial charge < -0.3 is 15.5 Å². The van der Waals surface area contributed by atoms with Gasteiger partial charge >= 0.3 is 0 Å². The Bertz CT molecular complexity index is 875. The van der Waals surface area contributed by atoms with Gasteiger partial charge in [0.15, 0.2) is 0 Å². The number of thioether (sulfide) groups is 1. The molecule has 6 nitrogen and oxygen atoms in total. The minimum absolute atomic E-state index is 0.0495. The molecule has 0 aliphatic rings. The van der Waals surface area contributed by atoms with Crippen LogP contribution >= 0.6 is 11.8 Å². The van der Waals surface area contributed by atoms with Crippen molar-refractivity contribution >= 4 is 23.6 Å². The fourth-order valence-corrected chi connectivity index (χ4v) is 3.98. The number of carbonyl (C=O) groups excluding carboxylic acids is 1. The van der Waals surface area contributed by atoms with Crippen molar-refractivity contribution in [3.63, 3.8) is 0 Å². The SMILES string of the molecule is CCC(Cc1ccccc1)(NC(=O)CCSC)/C([O-])=N\[N+](C)(C)CC(O)c1ccccc1. The molecule has 0 saturated carbocycles. The lowest BCUT2D eigenvalue weighted by Crippen LogP contribution is -2.61. The molecule has 174 valence electrons. The van der Waals surface area contributed by atoms with E-state index in [0.717, 1.165) is 11.1 Å². The highest BCUT2D eigenvalue weighted by atomic mass is 32.2. The number of quaternary nitrogens is 1. The first kappa shape index (κ1) is 25.9. The van der Waals surface area contributed by atoms with Crippen LogP contribution in [0.25, 0.3) is 0 Å². The van der Waals surface area contributed by atoms with Crippen molar-refractivity contribution in [3.8, 4) is 0 Å². The molecule has 0 aromatic heterocycles. The van der Waals surface area contributed by atoms with Gasteiger partial charge in [0.1, 0.15) is 12.6 Å². The van der Waals surface area contributed by atoms with E-state index in [4.69, 9.17) is 0 Å². The third kappa shape index (κ3) is 7.65. The molecule has 2 aromatic carbocycles. The number of carbonyl (C=O) groups is 1. The molecule has 0 bridgehead atoms. The molecule has 2 N–H and O–H groups in total. The van der Waals surface area contributed by atoms with E-state index in [0.29, 0.717) is 25.0 Å². The summed E-state index contributed by atoms with van der Waals surface area (Å²) in [6.07, 6.45) is 2.30. The predicted molar refractivity (Wildman–Crippen MR) is 130 cm³/mol. The number of nitrogens with zero attached hydrogens (tertiary/aromatic N) is 2. The van der Waals surface area contributed by atoms with Crippen molar-refractivity contribution in [2.24, 2.45) is 5.10 Å². The van der Waals surface area contributed by atoms with Crippen LogP contribution in [0.1, 0.15) is 37.0 Å². The third-order valence-electron chi connectivity index (χ3n) is 5.44. The van der Waals surface area contributed by atoms with E-state index in [9.17, 15) is 15.0 Å². The standard InChI is InChI=1S/C25H35N3O3S/c1-5-25(26-23(30)16-17-32-4,18-20-12-8-6-9-13-20)24(31)27-28(2,3)19-22(29)21-14-10-7-11-15-21/h6-15,22,29H,5,16-19H2,1-4H3,(H-,26,27,30,31). The molecule has 2 rings (SSSR count). The van der Waals surface area contributed by atoms with Crippen molar-refractivity contribution in [2.45, 2.75) is 37.8 Å². The summed E-state index contributed by atoms with van der Waals surface area (Å²) < 4.78 is -0.0495. The van der Waals surface area contributed by atoms with Crippen LogP contribution in [0.4, 0.5) is 0 Å². The van der Waals surface area contributed by atoms with Crippen LogP contribution in [0.3, 0.4) is 0 Å². The monoisotopic (exact) mass is 457 g/mol. The third-order valence-corrected chi connectivity index (χ3v) is 6.05. The van der Waals surface area contributed by atoms with Gasteiger partial charge in [-0.25, -0.2) is 4.59 Å². The van der Waals surface area contributed by atoms with Crippen molar-refractivity contribution in [3.05, 3.63) is 71.8 Å². The average Bonchev–Trinajstić information content (AvgIpc) is 2.77. The summed E-state index contributed by atoms with van der Waals surface area (Å²) in [5.41, 5.74) is 0.597. The topological polar surface area (TPSA) is 84.8 Å². The summed E-state index contributed by atoms with van der Waals surface area (Å²) in [5.74, 6) is 0.148. The highest BCUT2D eigenvalue weighted by Crippen LogP contribution is 2.22. The Hall–Kier alpha value is -2.35. The number of benzene rings is 2. The summed E-state index contributed by atoms with van der Waals surface area (Å²) in [6.45, 7) is 2.13. The minimum atomic E-state index is -1.13. The lowest BCUT2D eigenvalue weighted by atomic mass is 9.87. The molecule has 0 saturated heterocycles. The first-order valence-corrected chi connectivity index (χ1v) is 12.3. The Kier molecular flexibility index (Phi) is 9.75. The van der Waals surface area contributed by atoms with Crippen LogP contribution in [-0.2, 0) is 11.2 Å². The van der Waals surface area contributed by atoms with Gasteiger partial charge in [-0.2, -0.15) is 11.8 Å². The lowest BCUT2D eigenvalue weighted by Gasteiger charge is -2.40. The van der Waals surface area contributed by atoms with Gasteiger partial charge in [-0.3, -0.25) is 4.79 Å². The van der Waals surface area contributed by atoms with E-state index >= 15 is 0 Å². The number of rotatable bonds is 12. The highest BCUT2D eigenvalue weighted by Gasteiger charge is 2.34. The number of hydrogen-bond donors (Lipinski definition) is 2. The van der Waals surface area contributed by atoms with Gasteiger partial charge in [-0.1, -0.05) is 67.6 Å². The van der Waals surface area contributed by atoms with Crippen molar-refractivity contribution in [2.75, 3.05) is 32.6 Å². The molecule has 0 radical (unpaired) electrons. The first-order chi connectivity index (χ1) is 15.2. The van der Waals surface area contributed by atoms with Gasteiger partial charge in [0, 0.05) is 24.5 Å². The molecule has 0 fully saturated rings. The van der Waals surface area contributed by atoms with Crippen LogP contribution in [0.2, 0.25) is 0 Å². The van der Waals surface area contributed by atoms with Crippen molar-refractivity contribution < 1.29 is 19.6 Å². The van der Waals surface area contributed by atoms with E-state index in [1.54, 1.807) is 25.9 Å². The van der Waals surface area contributed by atoms with E-state index < -0.39 is 11.6 Å². The maximum Gasteiger partial charge on any atom is 0.221 e. The average molecular weight is 458 g/mol. The van der Waals surface area contributed by atoms with E-state index in [2.05, 4.69) is 10.4 Å². The van der Waals surface area contributed by atoms with Crippen LogP contribution in [0.5, 0.6) is 0 Å². The van der Waals surface area contributed by atoms with Crippen LogP contribution < -0.4 is 10.4 Å². The Labute approximate surface area is 195 Å². The zero-order chi connectivity index (χ0) is 23.6. The second-order valence-electron chi connectivity index (χ2n) is 8.52. The van der Waals surface area contributed by atoms with Crippen LogP contribution in [0, 0.1) is 0 Å². The molecular weight excluding hydrogens is 422 g/mol. The van der Waals surface area contributed by atoms with Gasteiger partial charge in [0.2, 0.25) is 5.91 Å². The fourth-order valence-electron chi connectivity index (χ4n) is 3.59. The molecule has 0 spiro atoms. The number of nitrogens with one attached hydrogen (secondary N) is 1.